The van der Waals surface area contributed by atoms with E-state index in [2.05, 4.69) is 23.1 Å². The summed E-state index contributed by atoms with van der Waals surface area (Å²) in [7, 11) is -2.96. The van der Waals surface area contributed by atoms with Gasteiger partial charge in [-0.25, -0.2) is 8.42 Å². The molecule has 0 aromatic heterocycles. The van der Waals surface area contributed by atoms with Crippen LogP contribution in [0.25, 0.3) is 0 Å². The maximum Gasteiger partial charge on any atom is 0.150 e. The predicted octanol–water partition coefficient (Wildman–Crippen LogP) is 6.32. The Morgan fingerprint density at radius 1 is 0.971 bits per heavy atom. The lowest BCUT2D eigenvalue weighted by Gasteiger charge is -2.39. The second-order valence-corrected chi connectivity index (χ2v) is 13.6. The lowest BCUT2D eigenvalue weighted by atomic mass is 9.75. The normalized spacial score (nSPS) is 22.8. The van der Waals surface area contributed by atoms with Gasteiger partial charge in [0.1, 0.15) is 5.75 Å². The molecule has 1 saturated carbocycles. The van der Waals surface area contributed by atoms with Gasteiger partial charge in [-0.3, -0.25) is 4.90 Å². The minimum absolute atomic E-state index is 0.214. The second kappa shape index (κ2) is 11.0. The smallest absolute Gasteiger partial charge is 0.150 e. The number of aryl methyl sites for hydroxylation is 1. The van der Waals surface area contributed by atoms with Crippen LogP contribution in [0.3, 0.4) is 0 Å². The van der Waals surface area contributed by atoms with Crippen LogP contribution < -0.4 is 4.74 Å². The summed E-state index contributed by atoms with van der Waals surface area (Å²) in [6.07, 6.45) is 8.36. The summed E-state index contributed by atoms with van der Waals surface area (Å²) in [5.74, 6) is 2.16. The highest BCUT2D eigenvalue weighted by Crippen LogP contribution is 2.40. The summed E-state index contributed by atoms with van der Waals surface area (Å²) in [5.41, 5.74) is 3.96. The highest BCUT2D eigenvalue weighted by molar-refractivity contribution is 7.91. The van der Waals surface area contributed by atoms with E-state index < -0.39 is 9.84 Å². The molecule has 3 aliphatic rings. The number of hydrogen-bond donors (Lipinski definition) is 0. The Labute approximate surface area is 219 Å². The monoisotopic (exact) mass is 535 g/mol. The van der Waals surface area contributed by atoms with Gasteiger partial charge in [-0.1, -0.05) is 35.3 Å². The topological polar surface area (TPSA) is 46.6 Å². The zero-order chi connectivity index (χ0) is 24.4. The third-order valence-corrected chi connectivity index (χ3v) is 10.4. The van der Waals surface area contributed by atoms with Crippen molar-refractivity contribution in [2.24, 2.45) is 5.92 Å². The average Bonchev–Trinajstić information content (AvgIpc) is 3.46. The maximum absolute atomic E-state index is 12.2. The van der Waals surface area contributed by atoms with Gasteiger partial charge in [0.05, 0.1) is 28.2 Å². The standard InChI is InChI=1S/C28H35Cl2NO3S/c29-26-10-6-21(17-27(26)30)16-25-24-18-23(34-14-3-15-35(32,33)19-20-4-5-20)9-7-22(24)8-11-28(25)31-12-1-2-13-31/h6-7,9-10,17-18,20,25,28H,1-5,8,11-16,19H2. The van der Waals surface area contributed by atoms with Gasteiger partial charge in [-0.15, -0.1) is 0 Å². The molecule has 2 aliphatic carbocycles. The van der Waals surface area contributed by atoms with E-state index in [1.807, 2.05) is 18.2 Å². The minimum Gasteiger partial charge on any atom is -0.494 e. The Hall–Kier alpha value is -1.27. The van der Waals surface area contributed by atoms with Crippen molar-refractivity contribution < 1.29 is 13.2 Å². The first-order chi connectivity index (χ1) is 16.9. The first kappa shape index (κ1) is 25.4. The molecule has 4 nitrogen and oxygen atoms in total. The highest BCUT2D eigenvalue weighted by atomic mass is 35.5. The quantitative estimate of drug-likeness (QED) is 0.333. The van der Waals surface area contributed by atoms with Crippen molar-refractivity contribution >= 4 is 33.0 Å². The van der Waals surface area contributed by atoms with E-state index in [0.29, 0.717) is 46.7 Å². The fourth-order valence-electron chi connectivity index (χ4n) is 5.82. The van der Waals surface area contributed by atoms with Crippen LogP contribution in [0.1, 0.15) is 61.1 Å². The fraction of sp³-hybridized carbons (Fsp3) is 0.571. The SMILES string of the molecule is O=S(=O)(CCCOc1ccc2c(c1)C(Cc1ccc(Cl)c(Cl)c1)C(N1CCCC1)CC2)CC1CC1. The van der Waals surface area contributed by atoms with E-state index in [1.54, 1.807) is 0 Å². The number of benzene rings is 2. The molecule has 2 aromatic rings. The van der Waals surface area contributed by atoms with Crippen molar-refractivity contribution in [1.82, 2.24) is 4.90 Å². The molecule has 1 heterocycles. The van der Waals surface area contributed by atoms with Crippen molar-refractivity contribution in [2.45, 2.75) is 63.3 Å². The lowest BCUT2D eigenvalue weighted by molar-refractivity contribution is 0.188. The van der Waals surface area contributed by atoms with Gasteiger partial charge < -0.3 is 4.74 Å². The summed E-state index contributed by atoms with van der Waals surface area (Å²) in [6, 6.07) is 12.9. The van der Waals surface area contributed by atoms with Crippen LogP contribution in [0.5, 0.6) is 5.75 Å². The number of likely N-dealkylation sites (tertiary alicyclic amines) is 1. The third kappa shape index (κ3) is 6.54. The Balaban J connectivity index is 1.31. The molecule has 0 bridgehead atoms. The molecule has 1 saturated heterocycles. The highest BCUT2D eigenvalue weighted by Gasteiger charge is 2.35. The third-order valence-electron chi connectivity index (χ3n) is 7.79. The lowest BCUT2D eigenvalue weighted by Crippen LogP contribution is -2.41. The second-order valence-electron chi connectivity index (χ2n) is 10.5. The molecule has 5 rings (SSSR count). The van der Waals surface area contributed by atoms with Crippen LogP contribution in [0.2, 0.25) is 10.0 Å². The van der Waals surface area contributed by atoms with Crippen molar-refractivity contribution in [3.63, 3.8) is 0 Å². The molecular formula is C28H35Cl2NO3S. The maximum atomic E-state index is 12.2. The Kier molecular flexibility index (Phi) is 7.98. The number of ether oxygens (including phenoxy) is 1. The van der Waals surface area contributed by atoms with Crippen molar-refractivity contribution in [2.75, 3.05) is 31.2 Å². The molecular weight excluding hydrogens is 501 g/mol. The van der Waals surface area contributed by atoms with Crippen molar-refractivity contribution in [3.8, 4) is 5.75 Å². The first-order valence-corrected chi connectivity index (χ1v) is 15.6. The molecule has 35 heavy (non-hydrogen) atoms. The minimum atomic E-state index is -2.96. The summed E-state index contributed by atoms with van der Waals surface area (Å²) < 4.78 is 30.5. The Morgan fingerprint density at radius 3 is 2.51 bits per heavy atom. The van der Waals surface area contributed by atoms with Gasteiger partial charge in [0.25, 0.3) is 0 Å². The van der Waals surface area contributed by atoms with Crippen LogP contribution >= 0.6 is 23.2 Å². The van der Waals surface area contributed by atoms with Crippen LogP contribution in [-0.4, -0.2) is 50.6 Å². The molecule has 2 atom stereocenters. The van der Waals surface area contributed by atoms with E-state index >= 15 is 0 Å². The number of fused-ring (bicyclic) bond motifs is 1. The Bertz CT molecular complexity index is 1140. The van der Waals surface area contributed by atoms with E-state index in [1.165, 1.54) is 42.6 Å². The molecule has 190 valence electrons. The van der Waals surface area contributed by atoms with Gasteiger partial charge in [-0.2, -0.15) is 0 Å². The van der Waals surface area contributed by atoms with E-state index in [4.69, 9.17) is 27.9 Å². The van der Waals surface area contributed by atoms with Gasteiger partial charge in [0, 0.05) is 12.0 Å². The number of halogens is 2. The van der Waals surface area contributed by atoms with Gasteiger partial charge in [-0.05, 0) is 111 Å². The average molecular weight is 537 g/mol. The molecule has 0 N–H and O–H groups in total. The predicted molar refractivity (Wildman–Crippen MR) is 144 cm³/mol. The molecule has 2 aromatic carbocycles. The number of sulfone groups is 1. The van der Waals surface area contributed by atoms with Gasteiger partial charge in [0.15, 0.2) is 9.84 Å². The van der Waals surface area contributed by atoms with E-state index in [9.17, 15) is 8.42 Å². The summed E-state index contributed by atoms with van der Waals surface area (Å²) in [4.78, 5) is 2.67. The molecule has 0 spiro atoms. The fourth-order valence-corrected chi connectivity index (χ4v) is 7.92. The largest absolute Gasteiger partial charge is 0.494 e. The van der Waals surface area contributed by atoms with Gasteiger partial charge in [0.2, 0.25) is 0 Å². The zero-order valence-corrected chi connectivity index (χ0v) is 22.6. The molecule has 2 fully saturated rings. The molecule has 1 aliphatic heterocycles. The van der Waals surface area contributed by atoms with E-state index in [0.717, 1.165) is 37.9 Å². The zero-order valence-electron chi connectivity index (χ0n) is 20.2. The van der Waals surface area contributed by atoms with E-state index in [-0.39, 0.29) is 5.75 Å². The molecule has 0 amide bonds. The number of hydrogen-bond acceptors (Lipinski definition) is 4. The van der Waals surface area contributed by atoms with Crippen LogP contribution in [0, 0.1) is 5.92 Å². The first-order valence-electron chi connectivity index (χ1n) is 13.0. The summed E-state index contributed by atoms with van der Waals surface area (Å²) >= 11 is 12.5. The van der Waals surface area contributed by atoms with Gasteiger partial charge >= 0.3 is 0 Å². The number of rotatable bonds is 10. The summed E-state index contributed by atoms with van der Waals surface area (Å²) in [6.45, 7) is 2.77. The van der Waals surface area contributed by atoms with Crippen molar-refractivity contribution in [1.29, 1.82) is 0 Å². The summed E-state index contributed by atoms with van der Waals surface area (Å²) in [5, 5.41) is 1.19. The van der Waals surface area contributed by atoms with Crippen LogP contribution in [0.15, 0.2) is 36.4 Å². The molecule has 0 radical (unpaired) electrons. The van der Waals surface area contributed by atoms with Crippen LogP contribution in [-0.2, 0) is 22.7 Å². The van der Waals surface area contributed by atoms with Crippen molar-refractivity contribution in [3.05, 3.63) is 63.1 Å². The number of nitrogens with zero attached hydrogens (tertiary/aromatic N) is 1. The Morgan fingerprint density at radius 2 is 1.77 bits per heavy atom. The molecule has 7 heteroatoms. The molecule has 2 unspecified atom stereocenters. The van der Waals surface area contributed by atoms with Crippen LogP contribution in [0.4, 0.5) is 0 Å².